The first kappa shape index (κ1) is 18.5. The fourth-order valence-corrected chi connectivity index (χ4v) is 4.47. The van der Waals surface area contributed by atoms with Gasteiger partial charge in [-0.05, 0) is 54.8 Å². The van der Waals surface area contributed by atoms with Gasteiger partial charge >= 0.3 is 0 Å². The molecule has 0 atom stereocenters. The molecule has 2 fully saturated rings. The molecule has 2 aliphatic heterocycles. The number of rotatable bonds is 4. The second-order valence-electron chi connectivity index (χ2n) is 7.75. The molecule has 144 valence electrons. The van der Waals surface area contributed by atoms with Crippen LogP contribution in [0.25, 0.3) is 11.1 Å². The minimum absolute atomic E-state index is 0.182. The van der Waals surface area contributed by atoms with Crippen molar-refractivity contribution in [3.05, 3.63) is 54.3 Å². The Balaban J connectivity index is 1.33. The van der Waals surface area contributed by atoms with Crippen molar-refractivity contribution in [2.45, 2.75) is 25.8 Å². The first-order chi connectivity index (χ1) is 13.2. The Kier molecular flexibility index (Phi) is 5.74. The van der Waals surface area contributed by atoms with Crippen molar-refractivity contribution in [3.8, 4) is 11.1 Å². The van der Waals surface area contributed by atoms with Crippen molar-refractivity contribution < 1.29 is 4.39 Å². The smallest absolute Gasteiger partial charge is 0.123 e. The van der Waals surface area contributed by atoms with E-state index in [4.69, 9.17) is 0 Å². The predicted molar refractivity (Wildman–Crippen MR) is 111 cm³/mol. The Bertz CT molecular complexity index is 730. The van der Waals surface area contributed by atoms with E-state index in [0.717, 1.165) is 30.3 Å². The Morgan fingerprint density at radius 1 is 0.852 bits per heavy atom. The zero-order chi connectivity index (χ0) is 18.6. The molecule has 0 N–H and O–H groups in total. The van der Waals surface area contributed by atoms with Gasteiger partial charge in [0.25, 0.3) is 0 Å². The van der Waals surface area contributed by atoms with Crippen LogP contribution >= 0.6 is 0 Å². The summed E-state index contributed by atoms with van der Waals surface area (Å²) in [5.74, 6) is -0.182. The van der Waals surface area contributed by atoms with Crippen molar-refractivity contribution in [1.29, 1.82) is 0 Å². The third-order valence-electron chi connectivity index (χ3n) is 6.23. The van der Waals surface area contributed by atoms with Gasteiger partial charge in [0, 0.05) is 51.0 Å². The van der Waals surface area contributed by atoms with Gasteiger partial charge in [-0.15, -0.1) is 0 Å². The fraction of sp³-hybridized carbons (Fsp3) is 0.478. The molecule has 0 saturated carbocycles. The maximum Gasteiger partial charge on any atom is 0.123 e. The highest BCUT2D eigenvalue weighted by molar-refractivity contribution is 5.66. The van der Waals surface area contributed by atoms with Gasteiger partial charge in [0.05, 0.1) is 0 Å². The van der Waals surface area contributed by atoms with E-state index >= 15 is 0 Å². The molecule has 27 heavy (non-hydrogen) atoms. The molecular formula is C23H30FN3. The van der Waals surface area contributed by atoms with Crippen LogP contribution in [0.3, 0.4) is 0 Å². The minimum atomic E-state index is -0.182. The molecule has 0 bridgehead atoms. The standard InChI is InChI=1S/C23H30FN3/c1-2-25-14-16-27(17-15-25)23-10-12-26(13-11-23)22-8-6-19(7-9-22)20-4-3-5-21(24)18-20/h3-9,18,23H,2,10-17H2,1H3. The molecular weight excluding hydrogens is 337 g/mol. The van der Waals surface area contributed by atoms with Crippen molar-refractivity contribution >= 4 is 5.69 Å². The van der Waals surface area contributed by atoms with E-state index in [1.807, 2.05) is 6.07 Å². The fourth-order valence-electron chi connectivity index (χ4n) is 4.47. The van der Waals surface area contributed by atoms with Gasteiger partial charge in [-0.1, -0.05) is 31.2 Å². The Labute approximate surface area is 162 Å². The molecule has 2 heterocycles. The summed E-state index contributed by atoms with van der Waals surface area (Å²) in [4.78, 5) is 7.75. The van der Waals surface area contributed by atoms with Crippen LogP contribution in [-0.2, 0) is 0 Å². The summed E-state index contributed by atoms with van der Waals surface area (Å²) in [6.07, 6.45) is 2.50. The Morgan fingerprint density at radius 3 is 2.19 bits per heavy atom. The van der Waals surface area contributed by atoms with Gasteiger partial charge in [0.2, 0.25) is 0 Å². The zero-order valence-corrected chi connectivity index (χ0v) is 16.3. The molecule has 0 aliphatic carbocycles. The second kappa shape index (κ2) is 8.41. The van der Waals surface area contributed by atoms with Gasteiger partial charge in [0.1, 0.15) is 5.82 Å². The van der Waals surface area contributed by atoms with Gasteiger partial charge in [-0.2, -0.15) is 0 Å². The summed E-state index contributed by atoms with van der Waals surface area (Å²) < 4.78 is 13.4. The molecule has 4 heteroatoms. The normalized spacial score (nSPS) is 20.1. The first-order valence-corrected chi connectivity index (χ1v) is 10.3. The maximum absolute atomic E-state index is 13.4. The van der Waals surface area contributed by atoms with Crippen LogP contribution in [0.2, 0.25) is 0 Å². The Hall–Kier alpha value is -1.91. The van der Waals surface area contributed by atoms with Crippen LogP contribution in [0, 0.1) is 5.82 Å². The summed E-state index contributed by atoms with van der Waals surface area (Å²) in [7, 11) is 0. The van der Waals surface area contributed by atoms with Crippen molar-refractivity contribution in [2.24, 2.45) is 0 Å². The average molecular weight is 368 g/mol. The number of likely N-dealkylation sites (N-methyl/N-ethyl adjacent to an activating group) is 1. The number of piperidine rings is 1. The number of halogens is 1. The van der Waals surface area contributed by atoms with Crippen molar-refractivity contribution in [1.82, 2.24) is 9.80 Å². The van der Waals surface area contributed by atoms with Crippen LogP contribution < -0.4 is 4.90 Å². The molecule has 2 aromatic carbocycles. The highest BCUT2D eigenvalue weighted by Crippen LogP contribution is 2.27. The lowest BCUT2D eigenvalue weighted by molar-refractivity contribution is 0.0878. The molecule has 2 aliphatic rings. The van der Waals surface area contributed by atoms with Crippen LogP contribution in [0.4, 0.5) is 10.1 Å². The van der Waals surface area contributed by atoms with Crippen LogP contribution in [0.15, 0.2) is 48.5 Å². The number of nitrogens with zero attached hydrogens (tertiary/aromatic N) is 3. The van der Waals surface area contributed by atoms with Crippen LogP contribution in [0.5, 0.6) is 0 Å². The summed E-state index contributed by atoms with van der Waals surface area (Å²) in [6, 6.07) is 16.1. The lowest BCUT2D eigenvalue weighted by Gasteiger charge is -2.43. The van der Waals surface area contributed by atoms with Gasteiger partial charge in [-0.25, -0.2) is 4.39 Å². The quantitative estimate of drug-likeness (QED) is 0.806. The van der Waals surface area contributed by atoms with Crippen molar-refractivity contribution in [2.75, 3.05) is 50.7 Å². The van der Waals surface area contributed by atoms with E-state index in [0.29, 0.717) is 0 Å². The molecule has 0 spiro atoms. The lowest BCUT2D eigenvalue weighted by atomic mass is 10.0. The highest BCUT2D eigenvalue weighted by Gasteiger charge is 2.27. The molecule has 2 aromatic rings. The van der Waals surface area contributed by atoms with Crippen LogP contribution in [-0.4, -0.2) is 61.7 Å². The summed E-state index contributed by atoms with van der Waals surface area (Å²) in [5, 5.41) is 0. The number of piperazine rings is 1. The molecule has 2 saturated heterocycles. The van der Waals surface area contributed by atoms with Crippen LogP contribution in [0.1, 0.15) is 19.8 Å². The van der Waals surface area contributed by atoms with E-state index in [-0.39, 0.29) is 5.82 Å². The van der Waals surface area contributed by atoms with E-state index in [9.17, 15) is 4.39 Å². The van der Waals surface area contributed by atoms with Gasteiger partial charge in [0.15, 0.2) is 0 Å². The molecule has 0 unspecified atom stereocenters. The average Bonchev–Trinajstić information content (AvgIpc) is 2.74. The maximum atomic E-state index is 13.4. The number of anilines is 1. The largest absolute Gasteiger partial charge is 0.371 e. The highest BCUT2D eigenvalue weighted by atomic mass is 19.1. The third kappa shape index (κ3) is 4.33. The topological polar surface area (TPSA) is 9.72 Å². The van der Waals surface area contributed by atoms with Gasteiger partial charge < -0.3 is 9.80 Å². The molecule has 3 nitrogen and oxygen atoms in total. The van der Waals surface area contributed by atoms with E-state index in [2.05, 4.69) is 45.9 Å². The van der Waals surface area contributed by atoms with Crippen molar-refractivity contribution in [3.63, 3.8) is 0 Å². The second-order valence-corrected chi connectivity index (χ2v) is 7.75. The first-order valence-electron chi connectivity index (χ1n) is 10.3. The summed E-state index contributed by atoms with van der Waals surface area (Å²) >= 11 is 0. The van der Waals surface area contributed by atoms with Gasteiger partial charge in [-0.3, -0.25) is 4.90 Å². The lowest BCUT2D eigenvalue weighted by Crippen LogP contribution is -2.53. The SMILES string of the molecule is CCN1CCN(C2CCN(c3ccc(-c4cccc(F)c4)cc3)CC2)CC1. The van der Waals surface area contributed by atoms with E-state index < -0.39 is 0 Å². The number of benzene rings is 2. The van der Waals surface area contributed by atoms with E-state index in [1.165, 1.54) is 57.3 Å². The number of hydrogen-bond acceptors (Lipinski definition) is 3. The Morgan fingerprint density at radius 2 is 1.56 bits per heavy atom. The predicted octanol–water partition coefficient (Wildman–Crippen LogP) is 4.10. The van der Waals surface area contributed by atoms with E-state index in [1.54, 1.807) is 12.1 Å². The molecule has 0 aromatic heterocycles. The molecule has 0 amide bonds. The zero-order valence-electron chi connectivity index (χ0n) is 16.3. The number of hydrogen-bond donors (Lipinski definition) is 0. The monoisotopic (exact) mass is 367 g/mol. The summed E-state index contributed by atoms with van der Waals surface area (Å²) in [5.41, 5.74) is 3.29. The third-order valence-corrected chi connectivity index (χ3v) is 6.23. The summed E-state index contributed by atoms with van der Waals surface area (Å²) in [6.45, 7) is 10.6. The molecule has 4 rings (SSSR count). The minimum Gasteiger partial charge on any atom is -0.371 e. The molecule has 0 radical (unpaired) electrons.